The standard InChI is InChI=1S/C26H26N4O3/c1-2-3-14-23(31)30-17-16-29-19-22(28-25(29)24(30)20-10-6-4-7-11-20)26(32)27-15-18-33-21-12-8-5-9-13-21/h1,4-13,19,24H,3,14-18H2,(H,27,32). The predicted molar refractivity (Wildman–Crippen MR) is 125 cm³/mol. The van der Waals surface area contributed by atoms with Gasteiger partial charge in [0.25, 0.3) is 5.91 Å². The summed E-state index contributed by atoms with van der Waals surface area (Å²) in [4.78, 5) is 32.1. The molecule has 0 radical (unpaired) electrons. The van der Waals surface area contributed by atoms with Crippen molar-refractivity contribution >= 4 is 11.8 Å². The molecule has 0 saturated heterocycles. The largest absolute Gasteiger partial charge is 0.492 e. The zero-order chi connectivity index (χ0) is 23.0. The van der Waals surface area contributed by atoms with Gasteiger partial charge >= 0.3 is 0 Å². The van der Waals surface area contributed by atoms with E-state index >= 15 is 0 Å². The second-order valence-corrected chi connectivity index (χ2v) is 7.70. The number of amides is 2. The number of carbonyl (C=O) groups is 2. The Morgan fingerprint density at radius 2 is 1.82 bits per heavy atom. The quantitative estimate of drug-likeness (QED) is 0.430. The van der Waals surface area contributed by atoms with Crippen LogP contribution in [0, 0.1) is 12.3 Å². The first-order valence-corrected chi connectivity index (χ1v) is 11.0. The van der Waals surface area contributed by atoms with Gasteiger partial charge in [0.1, 0.15) is 29.9 Å². The molecule has 1 atom stereocenters. The van der Waals surface area contributed by atoms with Crippen LogP contribution < -0.4 is 10.1 Å². The number of para-hydroxylation sites is 1. The van der Waals surface area contributed by atoms with Crippen LogP contribution in [0.5, 0.6) is 5.75 Å². The Morgan fingerprint density at radius 1 is 1.09 bits per heavy atom. The third-order valence-corrected chi connectivity index (χ3v) is 5.50. The number of fused-ring (bicyclic) bond motifs is 1. The molecular formula is C26H26N4O3. The van der Waals surface area contributed by atoms with E-state index in [1.54, 1.807) is 6.20 Å². The predicted octanol–water partition coefficient (Wildman–Crippen LogP) is 3.04. The Morgan fingerprint density at radius 3 is 2.55 bits per heavy atom. The van der Waals surface area contributed by atoms with Gasteiger partial charge in [0.05, 0.1) is 6.54 Å². The lowest BCUT2D eigenvalue weighted by atomic mass is 10.0. The molecule has 168 valence electrons. The van der Waals surface area contributed by atoms with Gasteiger partial charge in [0.15, 0.2) is 0 Å². The minimum Gasteiger partial charge on any atom is -0.492 e. The van der Waals surface area contributed by atoms with Gasteiger partial charge in [-0.2, -0.15) is 0 Å². The summed E-state index contributed by atoms with van der Waals surface area (Å²) in [5, 5.41) is 2.85. The first-order chi connectivity index (χ1) is 16.2. The molecule has 0 spiro atoms. The van der Waals surface area contributed by atoms with Crippen LogP contribution in [0.4, 0.5) is 0 Å². The van der Waals surface area contributed by atoms with Crippen LogP contribution in [0.2, 0.25) is 0 Å². The van der Waals surface area contributed by atoms with Crippen LogP contribution in [-0.4, -0.2) is 46.0 Å². The molecule has 0 bridgehead atoms. The number of terminal acetylenes is 1. The van der Waals surface area contributed by atoms with E-state index in [4.69, 9.17) is 11.2 Å². The van der Waals surface area contributed by atoms with Crippen molar-refractivity contribution in [3.8, 4) is 18.1 Å². The lowest BCUT2D eigenvalue weighted by molar-refractivity contribution is -0.133. The summed E-state index contributed by atoms with van der Waals surface area (Å²) in [6, 6.07) is 18.8. The number of aromatic nitrogens is 2. The summed E-state index contributed by atoms with van der Waals surface area (Å²) in [7, 11) is 0. The summed E-state index contributed by atoms with van der Waals surface area (Å²) < 4.78 is 7.58. The van der Waals surface area contributed by atoms with Crippen molar-refractivity contribution in [2.45, 2.75) is 25.4 Å². The minimum atomic E-state index is -0.367. The molecule has 1 N–H and O–H groups in total. The van der Waals surface area contributed by atoms with Gasteiger partial charge in [-0.25, -0.2) is 4.98 Å². The molecule has 2 aromatic carbocycles. The number of carbonyl (C=O) groups excluding carboxylic acids is 2. The number of hydrogen-bond acceptors (Lipinski definition) is 4. The Balaban J connectivity index is 1.48. The van der Waals surface area contributed by atoms with Crippen LogP contribution >= 0.6 is 0 Å². The smallest absolute Gasteiger partial charge is 0.271 e. The van der Waals surface area contributed by atoms with Crippen LogP contribution in [0.25, 0.3) is 0 Å². The fourth-order valence-corrected chi connectivity index (χ4v) is 3.92. The van der Waals surface area contributed by atoms with Crippen molar-refractivity contribution in [2.24, 2.45) is 0 Å². The van der Waals surface area contributed by atoms with Crippen molar-refractivity contribution in [2.75, 3.05) is 19.7 Å². The minimum absolute atomic E-state index is 0.0138. The van der Waals surface area contributed by atoms with Crippen LogP contribution in [-0.2, 0) is 11.3 Å². The average molecular weight is 443 g/mol. The second-order valence-electron chi connectivity index (χ2n) is 7.70. The highest BCUT2D eigenvalue weighted by atomic mass is 16.5. The topological polar surface area (TPSA) is 76.5 Å². The Hall–Kier alpha value is -4.05. The van der Waals surface area contributed by atoms with Gasteiger partial charge in [-0.3, -0.25) is 9.59 Å². The van der Waals surface area contributed by atoms with Crippen LogP contribution in [0.3, 0.4) is 0 Å². The number of benzene rings is 2. The molecule has 3 aromatic rings. The molecule has 0 fully saturated rings. The highest BCUT2D eigenvalue weighted by Crippen LogP contribution is 2.32. The average Bonchev–Trinajstić information content (AvgIpc) is 3.30. The SMILES string of the molecule is C#CCCC(=O)N1CCn2cc(C(=O)NCCOc3ccccc3)nc2C1c1ccccc1. The fraction of sp³-hybridized carbons (Fsp3) is 0.269. The highest BCUT2D eigenvalue weighted by molar-refractivity contribution is 5.92. The number of nitrogens with zero attached hydrogens (tertiary/aromatic N) is 3. The number of imidazole rings is 1. The van der Waals surface area contributed by atoms with Gasteiger partial charge in [-0.1, -0.05) is 48.5 Å². The van der Waals surface area contributed by atoms with Gasteiger partial charge in [0.2, 0.25) is 5.91 Å². The fourth-order valence-electron chi connectivity index (χ4n) is 3.92. The molecule has 1 aliphatic rings. The molecule has 2 heterocycles. The maximum Gasteiger partial charge on any atom is 0.271 e. The number of nitrogens with one attached hydrogen (secondary N) is 1. The molecule has 0 saturated carbocycles. The molecule has 0 aliphatic carbocycles. The maximum absolute atomic E-state index is 12.9. The van der Waals surface area contributed by atoms with Gasteiger partial charge in [-0.05, 0) is 17.7 Å². The zero-order valence-corrected chi connectivity index (χ0v) is 18.3. The molecule has 1 aromatic heterocycles. The lowest BCUT2D eigenvalue weighted by Crippen LogP contribution is -2.42. The molecule has 4 rings (SSSR count). The number of ether oxygens (including phenoxy) is 1. The van der Waals surface area contributed by atoms with E-state index in [1.807, 2.05) is 70.1 Å². The maximum atomic E-state index is 12.9. The Labute approximate surface area is 193 Å². The third-order valence-electron chi connectivity index (χ3n) is 5.50. The molecular weight excluding hydrogens is 416 g/mol. The molecule has 1 aliphatic heterocycles. The van der Waals surface area contributed by atoms with Crippen molar-refractivity contribution in [3.05, 3.63) is 83.9 Å². The van der Waals surface area contributed by atoms with Crippen molar-refractivity contribution < 1.29 is 14.3 Å². The summed E-state index contributed by atoms with van der Waals surface area (Å²) >= 11 is 0. The zero-order valence-electron chi connectivity index (χ0n) is 18.3. The summed E-state index contributed by atoms with van der Waals surface area (Å²) in [5.74, 6) is 3.67. The summed E-state index contributed by atoms with van der Waals surface area (Å²) in [5.41, 5.74) is 1.27. The molecule has 7 heteroatoms. The molecule has 1 unspecified atom stereocenters. The normalized spacial score (nSPS) is 14.8. The Bertz CT molecular complexity index is 1140. The summed E-state index contributed by atoms with van der Waals surface area (Å²) in [6.07, 6.45) is 7.79. The van der Waals surface area contributed by atoms with E-state index in [0.717, 1.165) is 11.3 Å². The van der Waals surface area contributed by atoms with Crippen molar-refractivity contribution in [1.82, 2.24) is 19.8 Å². The third kappa shape index (κ3) is 5.24. The van der Waals surface area contributed by atoms with Crippen LogP contribution in [0.1, 0.15) is 40.8 Å². The number of rotatable bonds is 8. The van der Waals surface area contributed by atoms with E-state index in [-0.39, 0.29) is 24.3 Å². The van der Waals surface area contributed by atoms with Gasteiger partial charge < -0.3 is 19.5 Å². The van der Waals surface area contributed by atoms with E-state index < -0.39 is 0 Å². The van der Waals surface area contributed by atoms with E-state index in [0.29, 0.717) is 44.2 Å². The van der Waals surface area contributed by atoms with E-state index in [2.05, 4.69) is 16.2 Å². The van der Waals surface area contributed by atoms with Gasteiger partial charge in [-0.15, -0.1) is 12.3 Å². The van der Waals surface area contributed by atoms with Crippen molar-refractivity contribution in [3.63, 3.8) is 0 Å². The lowest BCUT2D eigenvalue weighted by Gasteiger charge is -2.36. The first-order valence-electron chi connectivity index (χ1n) is 11.0. The van der Waals surface area contributed by atoms with Gasteiger partial charge in [0, 0.05) is 32.1 Å². The molecule has 2 amide bonds. The van der Waals surface area contributed by atoms with E-state index in [9.17, 15) is 9.59 Å². The monoisotopic (exact) mass is 442 g/mol. The number of hydrogen-bond donors (Lipinski definition) is 1. The molecule has 7 nitrogen and oxygen atoms in total. The first kappa shape index (κ1) is 22.2. The Kier molecular flexibility index (Phi) is 7.06. The van der Waals surface area contributed by atoms with E-state index in [1.165, 1.54) is 0 Å². The van der Waals surface area contributed by atoms with Crippen molar-refractivity contribution in [1.29, 1.82) is 0 Å². The summed E-state index contributed by atoms with van der Waals surface area (Å²) in [6.45, 7) is 1.80. The van der Waals surface area contributed by atoms with Crippen LogP contribution in [0.15, 0.2) is 66.9 Å². The second kappa shape index (κ2) is 10.5. The highest BCUT2D eigenvalue weighted by Gasteiger charge is 2.34. The molecule has 33 heavy (non-hydrogen) atoms.